The second kappa shape index (κ2) is 22.8. The van der Waals surface area contributed by atoms with E-state index in [4.69, 9.17) is 4.99 Å². The van der Waals surface area contributed by atoms with Crippen LogP contribution in [0.5, 0.6) is 0 Å². The summed E-state index contributed by atoms with van der Waals surface area (Å²) in [5.74, 6) is 0.199. The van der Waals surface area contributed by atoms with Crippen LogP contribution in [0.1, 0.15) is 51.2 Å². The average Bonchev–Trinajstić information content (AvgIpc) is 3.35. The van der Waals surface area contributed by atoms with E-state index in [1.165, 1.54) is 44.6 Å². The number of benzene rings is 8. The number of anilines is 5. The average molecular weight is 796 g/mol. The number of allylic oxidation sites excluding steroid dienone is 1. The molecule has 0 aliphatic heterocycles. The summed E-state index contributed by atoms with van der Waals surface area (Å²) in [6, 6.07) is 78.7. The second-order valence-corrected chi connectivity index (χ2v) is 14.4. The predicted octanol–water partition coefficient (Wildman–Crippen LogP) is 16.6. The van der Waals surface area contributed by atoms with Crippen molar-refractivity contribution in [1.29, 1.82) is 0 Å². The summed E-state index contributed by atoms with van der Waals surface area (Å²) >= 11 is 0. The molecule has 1 atom stereocenters. The van der Waals surface area contributed by atoms with Gasteiger partial charge in [0.2, 0.25) is 0 Å². The molecule has 0 aliphatic carbocycles. The molecule has 0 spiro atoms. The lowest BCUT2D eigenvalue weighted by Gasteiger charge is -2.25. The Bertz CT molecular complexity index is 2430. The molecule has 8 rings (SSSR count). The van der Waals surface area contributed by atoms with Crippen LogP contribution in [-0.2, 0) is 0 Å². The number of rotatable bonds is 12. The predicted molar refractivity (Wildman–Crippen MR) is 266 cm³/mol. The molecule has 0 aliphatic rings. The van der Waals surface area contributed by atoms with Crippen LogP contribution in [0, 0.1) is 0 Å². The van der Waals surface area contributed by atoms with E-state index in [0.717, 1.165) is 29.2 Å². The fourth-order valence-electron chi connectivity index (χ4n) is 7.04. The van der Waals surface area contributed by atoms with Crippen molar-refractivity contribution >= 4 is 40.2 Å². The summed E-state index contributed by atoms with van der Waals surface area (Å²) in [7, 11) is 2.10. The molecule has 0 saturated heterocycles. The second-order valence-electron chi connectivity index (χ2n) is 14.4. The van der Waals surface area contributed by atoms with Crippen LogP contribution < -0.4 is 9.80 Å². The van der Waals surface area contributed by atoms with Gasteiger partial charge in [-0.3, -0.25) is 4.99 Å². The first-order valence-electron chi connectivity index (χ1n) is 21.4. The van der Waals surface area contributed by atoms with Gasteiger partial charge in [-0.25, -0.2) is 0 Å². The van der Waals surface area contributed by atoms with E-state index in [1.54, 1.807) is 0 Å². The number of hydrogen-bond acceptors (Lipinski definition) is 3. The van der Waals surface area contributed by atoms with E-state index in [0.29, 0.717) is 0 Å². The highest BCUT2D eigenvalue weighted by Gasteiger charge is 2.12. The Morgan fingerprint density at radius 2 is 0.770 bits per heavy atom. The molecular weight excluding hydrogens is 739 g/mol. The van der Waals surface area contributed by atoms with Crippen LogP contribution in [0.4, 0.5) is 28.4 Å². The maximum Gasteiger partial charge on any atom is 0.0462 e. The first kappa shape index (κ1) is 43.4. The van der Waals surface area contributed by atoms with Crippen LogP contribution in [-0.4, -0.2) is 13.3 Å². The number of nitrogens with zero attached hydrogens (tertiary/aromatic N) is 3. The minimum Gasteiger partial charge on any atom is -0.345 e. The molecule has 3 nitrogen and oxygen atoms in total. The van der Waals surface area contributed by atoms with Gasteiger partial charge in [0.25, 0.3) is 0 Å². The Morgan fingerprint density at radius 3 is 1.20 bits per heavy atom. The summed E-state index contributed by atoms with van der Waals surface area (Å²) in [6.07, 6.45) is 4.97. The van der Waals surface area contributed by atoms with Gasteiger partial charge in [-0.1, -0.05) is 191 Å². The molecule has 0 saturated carbocycles. The Morgan fingerprint density at radius 1 is 0.443 bits per heavy atom. The highest BCUT2D eigenvalue weighted by Crippen LogP contribution is 2.36. The first-order valence-corrected chi connectivity index (χ1v) is 21.4. The van der Waals surface area contributed by atoms with Crippen LogP contribution in [0.2, 0.25) is 0 Å². The van der Waals surface area contributed by atoms with Gasteiger partial charge < -0.3 is 9.80 Å². The highest BCUT2D eigenvalue weighted by molar-refractivity contribution is 5.79. The normalized spacial score (nSPS) is 11.4. The van der Waals surface area contributed by atoms with Crippen LogP contribution in [0.3, 0.4) is 0 Å². The zero-order valence-electron chi connectivity index (χ0n) is 36.1. The minimum atomic E-state index is 0.199. The topological polar surface area (TPSA) is 18.8 Å². The van der Waals surface area contributed by atoms with E-state index in [9.17, 15) is 0 Å². The van der Waals surface area contributed by atoms with Crippen molar-refractivity contribution in [2.75, 3.05) is 16.8 Å². The molecule has 0 radical (unpaired) electrons. The van der Waals surface area contributed by atoms with Crippen LogP contribution in [0.25, 0.3) is 27.8 Å². The maximum atomic E-state index is 4.79. The molecule has 0 bridgehead atoms. The van der Waals surface area contributed by atoms with Crippen molar-refractivity contribution in [3.8, 4) is 22.3 Å². The van der Waals surface area contributed by atoms with E-state index in [1.807, 2.05) is 68.7 Å². The van der Waals surface area contributed by atoms with Gasteiger partial charge in [0.1, 0.15) is 0 Å². The summed E-state index contributed by atoms with van der Waals surface area (Å²) < 4.78 is 0. The summed E-state index contributed by atoms with van der Waals surface area (Å²) in [5.41, 5.74) is 14.2. The van der Waals surface area contributed by atoms with Gasteiger partial charge in [-0.05, 0) is 106 Å². The van der Waals surface area contributed by atoms with Gasteiger partial charge in [0.15, 0.2) is 0 Å². The lowest BCUT2D eigenvalue weighted by Crippen LogP contribution is -2.09. The molecule has 3 heteroatoms. The number of para-hydroxylation sites is 3. The van der Waals surface area contributed by atoms with Crippen molar-refractivity contribution in [2.45, 2.75) is 40.0 Å². The lowest BCUT2D eigenvalue weighted by atomic mass is 9.98. The minimum absolute atomic E-state index is 0.199. The smallest absolute Gasteiger partial charge is 0.0462 e. The number of aliphatic imine (C=N–C) groups is 1. The van der Waals surface area contributed by atoms with Gasteiger partial charge in [-0.15, -0.1) is 0 Å². The van der Waals surface area contributed by atoms with Crippen LogP contribution in [0.15, 0.2) is 236 Å². The fourth-order valence-corrected chi connectivity index (χ4v) is 7.04. The molecule has 304 valence electrons. The third-order valence-electron chi connectivity index (χ3n) is 10.5. The molecule has 8 aromatic rings. The Balaban J connectivity index is 0.000000707. The van der Waals surface area contributed by atoms with Gasteiger partial charge in [0, 0.05) is 53.8 Å². The van der Waals surface area contributed by atoms with Crippen molar-refractivity contribution < 1.29 is 0 Å². The third kappa shape index (κ3) is 11.9. The van der Waals surface area contributed by atoms with E-state index >= 15 is 0 Å². The quantitative estimate of drug-likeness (QED) is 0.115. The van der Waals surface area contributed by atoms with E-state index < -0.39 is 0 Å². The molecule has 0 amide bonds. The van der Waals surface area contributed by atoms with Crippen LogP contribution >= 0.6 is 0 Å². The maximum absolute atomic E-state index is 4.79. The van der Waals surface area contributed by atoms with Gasteiger partial charge >= 0.3 is 0 Å². The summed E-state index contributed by atoms with van der Waals surface area (Å²) in [4.78, 5) is 9.27. The summed E-state index contributed by atoms with van der Waals surface area (Å²) in [5, 5.41) is 0. The molecule has 1 unspecified atom stereocenters. The Kier molecular flexibility index (Phi) is 16.2. The Labute approximate surface area is 364 Å². The van der Waals surface area contributed by atoms with E-state index in [2.05, 4.69) is 213 Å². The third-order valence-corrected chi connectivity index (χ3v) is 10.5. The molecule has 61 heavy (non-hydrogen) atoms. The lowest BCUT2D eigenvalue weighted by molar-refractivity contribution is 1.04. The molecule has 0 heterocycles. The summed E-state index contributed by atoms with van der Waals surface area (Å²) in [6.45, 7) is 8.39. The van der Waals surface area contributed by atoms with Gasteiger partial charge in [0.05, 0.1) is 0 Å². The van der Waals surface area contributed by atoms with Crippen molar-refractivity contribution in [2.24, 2.45) is 4.99 Å². The van der Waals surface area contributed by atoms with Crippen molar-refractivity contribution in [1.82, 2.24) is 0 Å². The molecule has 0 N–H and O–H groups in total. The van der Waals surface area contributed by atoms with Crippen molar-refractivity contribution in [3.63, 3.8) is 0 Å². The highest BCUT2D eigenvalue weighted by atomic mass is 15.1. The fraction of sp³-hybridized carbons (Fsp3) is 0.121. The zero-order valence-corrected chi connectivity index (χ0v) is 36.1. The van der Waals surface area contributed by atoms with Crippen molar-refractivity contribution in [3.05, 3.63) is 242 Å². The first-order chi connectivity index (χ1) is 30.1. The number of hydrogen-bond donors (Lipinski definition) is 0. The Hall–Kier alpha value is -7.23. The SMILES string of the molecule is CC.CC/C(=C\N=CC(C)c1ccc(-c2ccc(N(C)c3ccccc3)cc2)cc1)c1ccc(-c2ccc(N(c3ccccc3)c3ccccc3)cc2)cc1.c1ccccc1. The molecule has 8 aromatic carbocycles. The largest absolute Gasteiger partial charge is 0.345 e. The van der Waals surface area contributed by atoms with E-state index in [-0.39, 0.29) is 5.92 Å². The molecule has 0 fully saturated rings. The monoisotopic (exact) mass is 795 g/mol. The standard InChI is InChI=1S/C50H45N3.C6H6.C2H6/c1-4-39(37-51-36-38(2)40-20-22-42(23-21-40)44-28-32-47(33-29-44)52(3)46-14-8-5-9-15-46)41-24-26-43(27-25-41)45-30-34-50(35-31-45)53(48-16-10-6-11-17-48)49-18-12-7-13-19-49;1-2-4-6-5-3-1;1-2/h5-38H,4H2,1-3H3;1-6H;1-2H3/b39-37+,51-36?;;. The zero-order chi connectivity index (χ0) is 42.7. The molecule has 0 aromatic heterocycles. The molecular formula is C58H57N3. The van der Waals surface area contributed by atoms with Gasteiger partial charge in [-0.2, -0.15) is 0 Å².